The predicted molar refractivity (Wildman–Crippen MR) is 94.6 cm³/mol. The minimum Gasteiger partial charge on any atom is -0.454 e. The lowest BCUT2D eigenvalue weighted by Gasteiger charge is -2.17. The van der Waals surface area contributed by atoms with Crippen LogP contribution >= 0.6 is 23.2 Å². The molecule has 1 N–H and O–H groups in total. The monoisotopic (exact) mass is 380 g/mol. The van der Waals surface area contributed by atoms with E-state index in [0.29, 0.717) is 27.8 Å². The summed E-state index contributed by atoms with van der Waals surface area (Å²) in [6.45, 7) is -0.0560. The average Bonchev–Trinajstić information content (AvgIpc) is 3.05. The van der Waals surface area contributed by atoms with E-state index in [-0.39, 0.29) is 30.2 Å². The molecule has 2 amide bonds. The van der Waals surface area contributed by atoms with Crippen molar-refractivity contribution < 1.29 is 19.1 Å². The molecule has 1 aliphatic heterocycles. The van der Waals surface area contributed by atoms with Crippen LogP contribution in [0.5, 0.6) is 11.5 Å². The maximum atomic E-state index is 12.5. The Balaban J connectivity index is 1.65. The number of hydrogen-bond donors (Lipinski definition) is 1. The van der Waals surface area contributed by atoms with E-state index in [2.05, 4.69) is 5.32 Å². The highest BCUT2D eigenvalue weighted by Gasteiger charge is 2.23. The van der Waals surface area contributed by atoms with Crippen molar-refractivity contribution in [2.75, 3.05) is 25.7 Å². The second-order valence-electron chi connectivity index (χ2n) is 5.41. The van der Waals surface area contributed by atoms with Gasteiger partial charge in [-0.1, -0.05) is 23.2 Å². The summed E-state index contributed by atoms with van der Waals surface area (Å²) < 4.78 is 10.5. The first-order chi connectivity index (χ1) is 11.9. The molecule has 25 heavy (non-hydrogen) atoms. The van der Waals surface area contributed by atoms with E-state index in [1.165, 1.54) is 18.0 Å². The van der Waals surface area contributed by atoms with Crippen LogP contribution in [0.3, 0.4) is 0 Å². The number of rotatable bonds is 4. The van der Waals surface area contributed by atoms with Crippen molar-refractivity contribution in [2.24, 2.45) is 0 Å². The summed E-state index contributed by atoms with van der Waals surface area (Å²) in [5.41, 5.74) is 0.914. The molecule has 0 atom stereocenters. The van der Waals surface area contributed by atoms with Crippen LogP contribution in [0.15, 0.2) is 36.4 Å². The zero-order valence-corrected chi connectivity index (χ0v) is 14.7. The number of carbonyl (C=O) groups excluding carboxylic acids is 2. The fourth-order valence-electron chi connectivity index (χ4n) is 2.33. The minimum atomic E-state index is -0.355. The topological polar surface area (TPSA) is 67.9 Å². The summed E-state index contributed by atoms with van der Waals surface area (Å²) in [5.74, 6) is 0.146. The molecule has 0 radical (unpaired) electrons. The molecule has 8 heteroatoms. The zero-order chi connectivity index (χ0) is 18.0. The molecule has 130 valence electrons. The molecule has 0 saturated heterocycles. The highest BCUT2D eigenvalue weighted by molar-refractivity contribution is 6.32. The standard InChI is InChI=1S/C17H14Cl2N2O4/c1-21(8-15(22)20-12-4-2-11(18)3-5-12)17(23)10-6-13(19)16-14(7-10)24-9-25-16/h2-7H,8-9H2,1H3,(H,20,22). The van der Waals surface area contributed by atoms with E-state index in [9.17, 15) is 9.59 Å². The SMILES string of the molecule is CN(CC(=O)Nc1ccc(Cl)cc1)C(=O)c1cc(Cl)c2c(c1)OCO2. The predicted octanol–water partition coefficient (Wildman–Crippen LogP) is 3.43. The van der Waals surface area contributed by atoms with Gasteiger partial charge in [0.25, 0.3) is 5.91 Å². The number of anilines is 1. The summed E-state index contributed by atoms with van der Waals surface area (Å²) in [5, 5.41) is 3.56. The first-order valence-electron chi connectivity index (χ1n) is 7.34. The molecule has 1 heterocycles. The first-order valence-corrected chi connectivity index (χ1v) is 8.09. The van der Waals surface area contributed by atoms with Gasteiger partial charge in [0.1, 0.15) is 0 Å². The van der Waals surface area contributed by atoms with Gasteiger partial charge in [-0.3, -0.25) is 9.59 Å². The number of hydrogen-bond acceptors (Lipinski definition) is 4. The lowest BCUT2D eigenvalue weighted by molar-refractivity contribution is -0.116. The summed E-state index contributed by atoms with van der Waals surface area (Å²) in [7, 11) is 1.53. The van der Waals surface area contributed by atoms with Crippen molar-refractivity contribution in [1.29, 1.82) is 0 Å². The fourth-order valence-corrected chi connectivity index (χ4v) is 2.72. The molecule has 0 spiro atoms. The normalized spacial score (nSPS) is 12.0. The van der Waals surface area contributed by atoms with Crippen molar-refractivity contribution >= 4 is 40.7 Å². The molecule has 2 aromatic carbocycles. The number of amides is 2. The molecule has 0 bridgehead atoms. The number of benzene rings is 2. The second kappa shape index (κ2) is 7.21. The van der Waals surface area contributed by atoms with Gasteiger partial charge < -0.3 is 19.7 Å². The van der Waals surface area contributed by atoms with Gasteiger partial charge in [-0.2, -0.15) is 0 Å². The summed E-state index contributed by atoms with van der Waals surface area (Å²) in [6.07, 6.45) is 0. The highest BCUT2D eigenvalue weighted by atomic mass is 35.5. The molecule has 2 aromatic rings. The molecule has 0 aliphatic carbocycles. The lowest BCUT2D eigenvalue weighted by Crippen LogP contribution is -2.34. The molecule has 0 unspecified atom stereocenters. The maximum absolute atomic E-state index is 12.5. The number of nitrogens with one attached hydrogen (secondary N) is 1. The Morgan fingerprint density at radius 1 is 1.16 bits per heavy atom. The first kappa shape index (κ1) is 17.4. The molecule has 1 aliphatic rings. The van der Waals surface area contributed by atoms with Crippen LogP contribution in [0, 0.1) is 0 Å². The zero-order valence-electron chi connectivity index (χ0n) is 13.2. The van der Waals surface area contributed by atoms with Crippen LogP contribution in [0.2, 0.25) is 10.0 Å². The van der Waals surface area contributed by atoms with Crippen molar-refractivity contribution in [3.8, 4) is 11.5 Å². The van der Waals surface area contributed by atoms with Gasteiger partial charge in [0.05, 0.1) is 11.6 Å². The van der Waals surface area contributed by atoms with E-state index in [1.807, 2.05) is 0 Å². The fraction of sp³-hybridized carbons (Fsp3) is 0.176. The third-order valence-electron chi connectivity index (χ3n) is 3.53. The van der Waals surface area contributed by atoms with Crippen LogP contribution in [0.4, 0.5) is 5.69 Å². The van der Waals surface area contributed by atoms with E-state index >= 15 is 0 Å². The number of halogens is 2. The Bertz CT molecular complexity index is 824. The van der Waals surface area contributed by atoms with E-state index in [4.69, 9.17) is 32.7 Å². The van der Waals surface area contributed by atoms with E-state index < -0.39 is 0 Å². The summed E-state index contributed by atoms with van der Waals surface area (Å²) in [4.78, 5) is 25.9. The van der Waals surface area contributed by atoms with Crippen LogP contribution in [-0.2, 0) is 4.79 Å². The van der Waals surface area contributed by atoms with Crippen LogP contribution in [0.25, 0.3) is 0 Å². The Morgan fingerprint density at radius 3 is 2.60 bits per heavy atom. The number of carbonyl (C=O) groups is 2. The maximum Gasteiger partial charge on any atom is 0.254 e. The van der Waals surface area contributed by atoms with E-state index in [0.717, 1.165) is 0 Å². The Morgan fingerprint density at radius 2 is 1.88 bits per heavy atom. The summed E-state index contributed by atoms with van der Waals surface area (Å²) >= 11 is 11.9. The van der Waals surface area contributed by atoms with Crippen molar-refractivity contribution in [1.82, 2.24) is 4.90 Å². The summed E-state index contributed by atoms with van der Waals surface area (Å²) in [6, 6.07) is 9.73. The minimum absolute atomic E-state index is 0.0615. The van der Waals surface area contributed by atoms with E-state index in [1.54, 1.807) is 30.3 Å². The van der Waals surface area contributed by atoms with Gasteiger partial charge >= 0.3 is 0 Å². The Hall–Kier alpha value is -2.44. The van der Waals surface area contributed by atoms with Crippen molar-refractivity contribution in [3.05, 3.63) is 52.0 Å². The van der Waals surface area contributed by atoms with Crippen LogP contribution in [0.1, 0.15) is 10.4 Å². The van der Waals surface area contributed by atoms with Gasteiger partial charge in [-0.25, -0.2) is 0 Å². The van der Waals surface area contributed by atoms with Crippen molar-refractivity contribution in [2.45, 2.75) is 0 Å². The molecule has 0 fully saturated rings. The number of nitrogens with zero attached hydrogens (tertiary/aromatic N) is 1. The molecule has 6 nitrogen and oxygen atoms in total. The second-order valence-corrected chi connectivity index (χ2v) is 6.25. The van der Waals surface area contributed by atoms with Gasteiger partial charge in [0.15, 0.2) is 11.5 Å². The molecule has 0 saturated carbocycles. The molecule has 0 aromatic heterocycles. The largest absolute Gasteiger partial charge is 0.454 e. The smallest absolute Gasteiger partial charge is 0.254 e. The number of ether oxygens (including phenoxy) is 2. The quantitative estimate of drug-likeness (QED) is 0.881. The van der Waals surface area contributed by atoms with Gasteiger partial charge in [-0.05, 0) is 36.4 Å². The molecular formula is C17H14Cl2N2O4. The lowest BCUT2D eigenvalue weighted by atomic mass is 10.1. The number of fused-ring (bicyclic) bond motifs is 1. The third-order valence-corrected chi connectivity index (χ3v) is 4.06. The van der Waals surface area contributed by atoms with Gasteiger partial charge in [0, 0.05) is 23.3 Å². The Labute approximate surface area is 154 Å². The van der Waals surface area contributed by atoms with Crippen molar-refractivity contribution in [3.63, 3.8) is 0 Å². The van der Waals surface area contributed by atoms with Crippen LogP contribution < -0.4 is 14.8 Å². The Kier molecular flexibility index (Phi) is 5.01. The highest BCUT2D eigenvalue weighted by Crippen LogP contribution is 2.39. The third kappa shape index (κ3) is 3.97. The van der Waals surface area contributed by atoms with Gasteiger partial charge in [0.2, 0.25) is 12.7 Å². The average molecular weight is 381 g/mol. The van der Waals surface area contributed by atoms with Gasteiger partial charge in [-0.15, -0.1) is 0 Å². The number of likely N-dealkylation sites (N-methyl/N-ethyl adjacent to an activating group) is 1. The van der Waals surface area contributed by atoms with Crippen LogP contribution in [-0.4, -0.2) is 37.1 Å². The molecule has 3 rings (SSSR count). The molecular weight excluding hydrogens is 367 g/mol.